The van der Waals surface area contributed by atoms with Gasteiger partial charge in [0.2, 0.25) is 0 Å². The van der Waals surface area contributed by atoms with Gasteiger partial charge in [0.15, 0.2) is 0 Å². The number of pyridine rings is 1. The topological polar surface area (TPSA) is 24.9 Å². The number of rotatable bonds is 5. The second kappa shape index (κ2) is 6.20. The highest BCUT2D eigenvalue weighted by Crippen LogP contribution is 2.23. The van der Waals surface area contributed by atoms with E-state index in [9.17, 15) is 0 Å². The zero-order chi connectivity index (χ0) is 12.8. The molecule has 0 amide bonds. The van der Waals surface area contributed by atoms with Crippen LogP contribution in [0.5, 0.6) is 0 Å². The molecule has 0 radical (unpaired) electrons. The Hall–Kier alpha value is -1.83. The molecule has 1 heterocycles. The minimum absolute atomic E-state index is 0.831. The number of para-hydroxylation sites is 1. The van der Waals surface area contributed by atoms with Crippen molar-refractivity contribution in [3.05, 3.63) is 59.4 Å². The van der Waals surface area contributed by atoms with Gasteiger partial charge in [0, 0.05) is 24.6 Å². The third-order valence-electron chi connectivity index (χ3n) is 3.19. The van der Waals surface area contributed by atoms with Gasteiger partial charge in [-0.2, -0.15) is 0 Å². The Labute approximate surface area is 109 Å². The Morgan fingerprint density at radius 2 is 1.72 bits per heavy atom. The molecule has 2 rings (SSSR count). The molecule has 0 saturated heterocycles. The van der Waals surface area contributed by atoms with E-state index in [1.807, 2.05) is 12.3 Å². The Kier molecular flexibility index (Phi) is 4.35. The first kappa shape index (κ1) is 12.6. The van der Waals surface area contributed by atoms with Gasteiger partial charge in [0.05, 0.1) is 0 Å². The summed E-state index contributed by atoms with van der Waals surface area (Å²) < 4.78 is 0. The van der Waals surface area contributed by atoms with Crippen LogP contribution in [0.3, 0.4) is 0 Å². The van der Waals surface area contributed by atoms with Crippen molar-refractivity contribution in [2.24, 2.45) is 0 Å². The summed E-state index contributed by atoms with van der Waals surface area (Å²) in [5, 5.41) is 3.56. The highest BCUT2D eigenvalue weighted by Gasteiger charge is 2.05. The molecular weight excluding hydrogens is 220 g/mol. The summed E-state index contributed by atoms with van der Waals surface area (Å²) >= 11 is 0. The van der Waals surface area contributed by atoms with E-state index in [0.29, 0.717) is 0 Å². The largest absolute Gasteiger partial charge is 0.380 e. The Morgan fingerprint density at radius 3 is 2.28 bits per heavy atom. The van der Waals surface area contributed by atoms with Crippen LogP contribution < -0.4 is 5.32 Å². The van der Waals surface area contributed by atoms with Gasteiger partial charge >= 0.3 is 0 Å². The molecule has 0 atom stereocenters. The third kappa shape index (κ3) is 2.89. The smallest absolute Gasteiger partial charge is 0.0416 e. The van der Waals surface area contributed by atoms with Crippen LogP contribution >= 0.6 is 0 Å². The van der Waals surface area contributed by atoms with Crippen molar-refractivity contribution in [2.45, 2.75) is 33.2 Å². The summed E-state index contributed by atoms with van der Waals surface area (Å²) in [6.07, 6.45) is 5.83. The maximum atomic E-state index is 4.14. The molecule has 0 aliphatic heterocycles. The number of anilines is 1. The summed E-state index contributed by atoms with van der Waals surface area (Å²) in [6.45, 7) is 5.23. The predicted molar refractivity (Wildman–Crippen MR) is 76.8 cm³/mol. The monoisotopic (exact) mass is 240 g/mol. The normalized spacial score (nSPS) is 10.3. The van der Waals surface area contributed by atoms with Crippen LogP contribution in [0.2, 0.25) is 0 Å². The second-order valence-corrected chi connectivity index (χ2v) is 4.37. The zero-order valence-corrected chi connectivity index (χ0v) is 11.1. The van der Waals surface area contributed by atoms with Crippen molar-refractivity contribution in [1.29, 1.82) is 0 Å². The van der Waals surface area contributed by atoms with E-state index >= 15 is 0 Å². The average molecular weight is 240 g/mol. The van der Waals surface area contributed by atoms with Gasteiger partial charge in [0.1, 0.15) is 0 Å². The maximum Gasteiger partial charge on any atom is 0.0416 e. The summed E-state index contributed by atoms with van der Waals surface area (Å²) in [4.78, 5) is 4.14. The van der Waals surface area contributed by atoms with E-state index in [-0.39, 0.29) is 0 Å². The molecule has 1 aromatic carbocycles. The summed E-state index contributed by atoms with van der Waals surface area (Å²) in [5.41, 5.74) is 5.29. The molecule has 2 aromatic rings. The first-order valence-electron chi connectivity index (χ1n) is 6.58. The summed E-state index contributed by atoms with van der Waals surface area (Å²) in [7, 11) is 0. The molecule has 0 aliphatic carbocycles. The SMILES string of the molecule is CCc1cccc(CC)c1NCc1cccnc1. The molecule has 94 valence electrons. The van der Waals surface area contributed by atoms with Crippen molar-refractivity contribution in [3.63, 3.8) is 0 Å². The minimum Gasteiger partial charge on any atom is -0.380 e. The van der Waals surface area contributed by atoms with Crippen LogP contribution in [0.15, 0.2) is 42.7 Å². The van der Waals surface area contributed by atoms with Gasteiger partial charge in [-0.05, 0) is 35.6 Å². The fraction of sp³-hybridized carbons (Fsp3) is 0.312. The van der Waals surface area contributed by atoms with Crippen LogP contribution in [0, 0.1) is 0 Å². The van der Waals surface area contributed by atoms with Crippen LogP contribution in [0.4, 0.5) is 5.69 Å². The lowest BCUT2D eigenvalue weighted by Gasteiger charge is -2.15. The van der Waals surface area contributed by atoms with E-state index in [1.54, 1.807) is 6.20 Å². The number of nitrogens with zero attached hydrogens (tertiary/aromatic N) is 1. The quantitative estimate of drug-likeness (QED) is 0.859. The average Bonchev–Trinajstić information content (AvgIpc) is 2.45. The molecule has 1 aromatic heterocycles. The van der Waals surface area contributed by atoms with Gasteiger partial charge in [0.25, 0.3) is 0 Å². The molecule has 2 heteroatoms. The molecule has 0 aliphatic rings. The fourth-order valence-electron chi connectivity index (χ4n) is 2.16. The van der Waals surface area contributed by atoms with E-state index in [0.717, 1.165) is 19.4 Å². The number of benzene rings is 1. The van der Waals surface area contributed by atoms with E-state index in [1.165, 1.54) is 22.4 Å². The summed E-state index contributed by atoms with van der Waals surface area (Å²) in [5.74, 6) is 0. The molecule has 18 heavy (non-hydrogen) atoms. The number of aromatic nitrogens is 1. The van der Waals surface area contributed by atoms with Crippen molar-refractivity contribution in [2.75, 3.05) is 5.32 Å². The fourth-order valence-corrected chi connectivity index (χ4v) is 2.16. The molecular formula is C16H20N2. The molecule has 0 spiro atoms. The number of hydrogen-bond donors (Lipinski definition) is 1. The van der Waals surface area contributed by atoms with Crippen molar-refractivity contribution in [3.8, 4) is 0 Å². The number of nitrogens with one attached hydrogen (secondary N) is 1. The molecule has 2 nitrogen and oxygen atoms in total. The molecule has 0 saturated carbocycles. The van der Waals surface area contributed by atoms with Crippen molar-refractivity contribution in [1.82, 2.24) is 4.98 Å². The van der Waals surface area contributed by atoms with E-state index in [2.05, 4.69) is 48.4 Å². The Morgan fingerprint density at radius 1 is 1.00 bits per heavy atom. The Bertz CT molecular complexity index is 469. The van der Waals surface area contributed by atoms with Gasteiger partial charge < -0.3 is 5.32 Å². The molecule has 0 fully saturated rings. The maximum absolute atomic E-state index is 4.14. The zero-order valence-electron chi connectivity index (χ0n) is 11.1. The van der Waals surface area contributed by atoms with Gasteiger partial charge in [-0.1, -0.05) is 38.1 Å². The lowest BCUT2D eigenvalue weighted by Crippen LogP contribution is -2.05. The van der Waals surface area contributed by atoms with Crippen LogP contribution in [-0.4, -0.2) is 4.98 Å². The summed E-state index contributed by atoms with van der Waals surface area (Å²) in [6, 6.07) is 10.6. The number of aryl methyl sites for hydroxylation is 2. The molecule has 0 bridgehead atoms. The minimum atomic E-state index is 0.831. The van der Waals surface area contributed by atoms with Gasteiger partial charge in [-0.3, -0.25) is 4.98 Å². The highest BCUT2D eigenvalue weighted by atomic mass is 14.9. The lowest BCUT2D eigenvalue weighted by molar-refractivity contribution is 1.04. The first-order valence-corrected chi connectivity index (χ1v) is 6.58. The number of hydrogen-bond acceptors (Lipinski definition) is 2. The van der Waals surface area contributed by atoms with Gasteiger partial charge in [-0.15, -0.1) is 0 Å². The predicted octanol–water partition coefficient (Wildman–Crippen LogP) is 3.82. The van der Waals surface area contributed by atoms with Gasteiger partial charge in [-0.25, -0.2) is 0 Å². The third-order valence-corrected chi connectivity index (χ3v) is 3.19. The highest BCUT2D eigenvalue weighted by molar-refractivity contribution is 5.58. The lowest BCUT2D eigenvalue weighted by atomic mass is 10.0. The van der Waals surface area contributed by atoms with Crippen LogP contribution in [0.25, 0.3) is 0 Å². The molecule has 1 N–H and O–H groups in total. The molecule has 0 unspecified atom stereocenters. The van der Waals surface area contributed by atoms with Crippen molar-refractivity contribution >= 4 is 5.69 Å². The van der Waals surface area contributed by atoms with E-state index in [4.69, 9.17) is 0 Å². The first-order chi connectivity index (χ1) is 8.85. The van der Waals surface area contributed by atoms with Crippen molar-refractivity contribution < 1.29 is 0 Å². The van der Waals surface area contributed by atoms with Crippen LogP contribution in [0.1, 0.15) is 30.5 Å². The Balaban J connectivity index is 2.17. The second-order valence-electron chi connectivity index (χ2n) is 4.37. The standard InChI is InChI=1S/C16H20N2/c1-3-14-8-5-9-15(4-2)16(14)18-12-13-7-6-10-17-11-13/h5-11,18H,3-4,12H2,1-2H3. The van der Waals surface area contributed by atoms with Crippen LogP contribution in [-0.2, 0) is 19.4 Å². The van der Waals surface area contributed by atoms with E-state index < -0.39 is 0 Å².